The standard InChI is InChI=1S/C23H25ClN2O4/c1-13-9-18(16(4)29-17-11-14(2)20(24)15(3)12-17)21-19(10-13)22(27)25-23(30-21)26-5-7-28-8-6-26/h9-12,16H,5-8H2,1-4H3. The van der Waals surface area contributed by atoms with Crippen molar-refractivity contribution >= 4 is 28.6 Å². The molecule has 1 unspecified atom stereocenters. The van der Waals surface area contributed by atoms with Crippen LogP contribution in [0.15, 0.2) is 33.5 Å². The molecule has 1 aliphatic heterocycles. The summed E-state index contributed by atoms with van der Waals surface area (Å²) in [5.41, 5.74) is 3.88. The summed E-state index contributed by atoms with van der Waals surface area (Å²) in [4.78, 5) is 18.9. The molecule has 1 aromatic heterocycles. The topological polar surface area (TPSA) is 64.8 Å². The Bertz CT molecular complexity index is 1130. The van der Waals surface area contributed by atoms with Crippen LogP contribution in [0.1, 0.15) is 35.3 Å². The molecule has 0 aliphatic carbocycles. The minimum atomic E-state index is -0.338. The summed E-state index contributed by atoms with van der Waals surface area (Å²) in [6.45, 7) is 10.2. The second-order valence-electron chi connectivity index (χ2n) is 7.76. The van der Waals surface area contributed by atoms with Crippen LogP contribution in [-0.2, 0) is 4.74 Å². The van der Waals surface area contributed by atoms with Crippen molar-refractivity contribution in [2.75, 3.05) is 31.2 Å². The third kappa shape index (κ3) is 4.02. The molecular weight excluding hydrogens is 404 g/mol. The molecule has 0 saturated carbocycles. The monoisotopic (exact) mass is 428 g/mol. The number of nitrogens with zero attached hydrogens (tertiary/aromatic N) is 2. The molecule has 2 heterocycles. The van der Waals surface area contributed by atoms with Gasteiger partial charge < -0.3 is 18.8 Å². The number of anilines is 1. The number of benzene rings is 2. The molecule has 1 saturated heterocycles. The molecule has 0 amide bonds. The van der Waals surface area contributed by atoms with Gasteiger partial charge in [-0.05, 0) is 68.7 Å². The Morgan fingerprint density at radius 1 is 1.10 bits per heavy atom. The molecular formula is C23H25ClN2O4. The van der Waals surface area contributed by atoms with E-state index in [2.05, 4.69) is 4.98 Å². The molecule has 1 aliphatic rings. The largest absolute Gasteiger partial charge is 0.486 e. The lowest BCUT2D eigenvalue weighted by Gasteiger charge is -2.26. The molecule has 4 rings (SSSR count). The van der Waals surface area contributed by atoms with Gasteiger partial charge in [0.1, 0.15) is 11.9 Å². The fourth-order valence-corrected chi connectivity index (χ4v) is 3.88. The summed E-state index contributed by atoms with van der Waals surface area (Å²) in [6.07, 6.45) is -0.338. The Labute approximate surface area is 180 Å². The fourth-order valence-electron chi connectivity index (χ4n) is 3.77. The molecule has 7 heteroatoms. The van der Waals surface area contributed by atoms with E-state index in [1.54, 1.807) is 0 Å². The highest BCUT2D eigenvalue weighted by Gasteiger charge is 2.21. The SMILES string of the molecule is Cc1cc(C(C)Oc2cc(C)c(Cl)c(C)c2)c2oc(N3CCOCC3)nc(=O)c2c1. The molecule has 0 N–H and O–H groups in total. The first kappa shape index (κ1) is 20.7. The van der Waals surface area contributed by atoms with E-state index < -0.39 is 0 Å². The molecule has 30 heavy (non-hydrogen) atoms. The van der Waals surface area contributed by atoms with Crippen LogP contribution in [-0.4, -0.2) is 31.3 Å². The Morgan fingerprint density at radius 3 is 2.43 bits per heavy atom. The Morgan fingerprint density at radius 2 is 1.77 bits per heavy atom. The molecule has 0 bridgehead atoms. The lowest BCUT2D eigenvalue weighted by molar-refractivity contribution is 0.120. The summed E-state index contributed by atoms with van der Waals surface area (Å²) >= 11 is 6.28. The van der Waals surface area contributed by atoms with Crippen molar-refractivity contribution in [3.8, 4) is 5.75 Å². The molecule has 158 valence electrons. The molecule has 2 aromatic carbocycles. The van der Waals surface area contributed by atoms with Crippen LogP contribution in [0, 0.1) is 20.8 Å². The lowest BCUT2D eigenvalue weighted by atomic mass is 10.0. The summed E-state index contributed by atoms with van der Waals surface area (Å²) < 4.78 is 17.8. The highest BCUT2D eigenvalue weighted by atomic mass is 35.5. The zero-order valence-corrected chi connectivity index (χ0v) is 18.4. The van der Waals surface area contributed by atoms with Gasteiger partial charge in [-0.15, -0.1) is 0 Å². The maximum Gasteiger partial charge on any atom is 0.301 e. The molecule has 3 aromatic rings. The predicted octanol–water partition coefficient (Wildman–Crippen LogP) is 4.74. The van der Waals surface area contributed by atoms with Gasteiger partial charge in [-0.3, -0.25) is 4.79 Å². The van der Waals surface area contributed by atoms with E-state index in [0.717, 1.165) is 33.0 Å². The van der Waals surface area contributed by atoms with Gasteiger partial charge in [0, 0.05) is 23.7 Å². The van der Waals surface area contributed by atoms with Crippen molar-refractivity contribution in [3.05, 3.63) is 61.9 Å². The number of hydrogen-bond donors (Lipinski definition) is 0. The van der Waals surface area contributed by atoms with Crippen molar-refractivity contribution < 1.29 is 13.9 Å². The zero-order valence-electron chi connectivity index (χ0n) is 17.6. The van der Waals surface area contributed by atoms with Gasteiger partial charge in [0.05, 0.1) is 18.6 Å². The van der Waals surface area contributed by atoms with E-state index in [1.165, 1.54) is 0 Å². The average Bonchev–Trinajstić information content (AvgIpc) is 2.72. The highest BCUT2D eigenvalue weighted by molar-refractivity contribution is 6.32. The number of hydrogen-bond acceptors (Lipinski definition) is 6. The van der Waals surface area contributed by atoms with Crippen LogP contribution in [0.5, 0.6) is 5.75 Å². The van der Waals surface area contributed by atoms with E-state index >= 15 is 0 Å². The van der Waals surface area contributed by atoms with Gasteiger partial charge in [-0.2, -0.15) is 4.98 Å². The van der Waals surface area contributed by atoms with Gasteiger partial charge in [-0.25, -0.2) is 0 Å². The maximum atomic E-state index is 12.8. The molecule has 1 fully saturated rings. The van der Waals surface area contributed by atoms with Crippen molar-refractivity contribution in [3.63, 3.8) is 0 Å². The van der Waals surface area contributed by atoms with E-state index in [9.17, 15) is 4.79 Å². The number of morpholine rings is 1. The number of halogens is 1. The van der Waals surface area contributed by atoms with Gasteiger partial charge in [-0.1, -0.05) is 11.6 Å². The summed E-state index contributed by atoms with van der Waals surface area (Å²) in [5.74, 6) is 0.723. The second kappa shape index (κ2) is 8.28. The second-order valence-corrected chi connectivity index (χ2v) is 8.14. The van der Waals surface area contributed by atoms with E-state index in [1.807, 2.05) is 56.9 Å². The van der Waals surface area contributed by atoms with Crippen LogP contribution in [0.25, 0.3) is 11.0 Å². The molecule has 1 atom stereocenters. The Hall–Kier alpha value is -2.57. The van der Waals surface area contributed by atoms with Gasteiger partial charge in [0.15, 0.2) is 5.58 Å². The van der Waals surface area contributed by atoms with Crippen LogP contribution >= 0.6 is 11.6 Å². The summed E-state index contributed by atoms with van der Waals surface area (Å²) in [6, 6.07) is 7.96. The Kier molecular flexibility index (Phi) is 5.71. The van der Waals surface area contributed by atoms with Crippen molar-refractivity contribution in [2.24, 2.45) is 0 Å². The quantitative estimate of drug-likeness (QED) is 0.597. The number of ether oxygens (including phenoxy) is 2. The first-order valence-electron chi connectivity index (χ1n) is 10.0. The van der Waals surface area contributed by atoms with Gasteiger partial charge in [0.2, 0.25) is 0 Å². The van der Waals surface area contributed by atoms with Crippen LogP contribution in [0.2, 0.25) is 5.02 Å². The first-order chi connectivity index (χ1) is 14.3. The maximum absolute atomic E-state index is 12.8. The van der Waals surface area contributed by atoms with Crippen molar-refractivity contribution in [1.29, 1.82) is 0 Å². The average molecular weight is 429 g/mol. The number of aromatic nitrogens is 1. The molecule has 6 nitrogen and oxygen atoms in total. The Balaban J connectivity index is 1.77. The zero-order chi connectivity index (χ0) is 21.4. The fraction of sp³-hybridized carbons (Fsp3) is 0.391. The minimum Gasteiger partial charge on any atom is -0.486 e. The van der Waals surface area contributed by atoms with Gasteiger partial charge >= 0.3 is 6.01 Å². The minimum absolute atomic E-state index is 0.298. The van der Waals surface area contributed by atoms with Crippen LogP contribution in [0.3, 0.4) is 0 Å². The molecule has 0 radical (unpaired) electrons. The molecule has 0 spiro atoms. The van der Waals surface area contributed by atoms with Crippen LogP contribution in [0.4, 0.5) is 6.01 Å². The predicted molar refractivity (Wildman–Crippen MR) is 118 cm³/mol. The van der Waals surface area contributed by atoms with Crippen molar-refractivity contribution in [2.45, 2.75) is 33.8 Å². The number of fused-ring (bicyclic) bond motifs is 1. The number of aryl methyl sites for hydroxylation is 3. The third-order valence-corrected chi connectivity index (χ3v) is 5.92. The smallest absolute Gasteiger partial charge is 0.301 e. The summed E-state index contributed by atoms with van der Waals surface area (Å²) in [5, 5.41) is 1.20. The van der Waals surface area contributed by atoms with E-state index in [-0.39, 0.29) is 11.7 Å². The normalized spacial score (nSPS) is 15.4. The van der Waals surface area contributed by atoms with Crippen LogP contribution < -0.4 is 15.2 Å². The lowest BCUT2D eigenvalue weighted by Crippen LogP contribution is -2.37. The van der Waals surface area contributed by atoms with Gasteiger partial charge in [0.25, 0.3) is 5.56 Å². The van der Waals surface area contributed by atoms with E-state index in [4.69, 9.17) is 25.5 Å². The van der Waals surface area contributed by atoms with E-state index in [0.29, 0.717) is 43.3 Å². The summed E-state index contributed by atoms with van der Waals surface area (Å²) in [7, 11) is 0. The third-order valence-electron chi connectivity index (χ3n) is 5.33. The highest BCUT2D eigenvalue weighted by Crippen LogP contribution is 2.32. The number of rotatable bonds is 4. The first-order valence-corrected chi connectivity index (χ1v) is 10.4. The van der Waals surface area contributed by atoms with Crippen molar-refractivity contribution in [1.82, 2.24) is 4.98 Å².